The highest BCUT2D eigenvalue weighted by molar-refractivity contribution is 6.06. The molecule has 0 saturated carbocycles. The smallest absolute Gasteiger partial charge is 0.262 e. The first-order valence-corrected chi connectivity index (χ1v) is 5.90. The van der Waals surface area contributed by atoms with E-state index in [1.807, 2.05) is 0 Å². The Bertz CT molecular complexity index is 739. The summed E-state index contributed by atoms with van der Waals surface area (Å²) in [5, 5.41) is 11.1. The van der Waals surface area contributed by atoms with E-state index in [2.05, 4.69) is 5.32 Å². The minimum Gasteiger partial charge on any atom is -0.496 e. The molecule has 0 spiro atoms. The van der Waals surface area contributed by atoms with E-state index in [1.165, 1.54) is 31.4 Å². The minimum absolute atomic E-state index is 0.0788. The van der Waals surface area contributed by atoms with Gasteiger partial charge in [-0.2, -0.15) is 5.26 Å². The monoisotopic (exact) mass is 288 g/mol. The maximum atomic E-state index is 13.7. The summed E-state index contributed by atoms with van der Waals surface area (Å²) < 4.78 is 31.9. The van der Waals surface area contributed by atoms with Crippen LogP contribution in [0.25, 0.3) is 0 Å². The van der Waals surface area contributed by atoms with Crippen molar-refractivity contribution >= 4 is 11.6 Å². The van der Waals surface area contributed by atoms with Crippen molar-refractivity contribution in [1.82, 2.24) is 0 Å². The van der Waals surface area contributed by atoms with E-state index in [9.17, 15) is 13.6 Å². The van der Waals surface area contributed by atoms with Crippen molar-refractivity contribution in [2.24, 2.45) is 0 Å². The molecule has 2 rings (SSSR count). The van der Waals surface area contributed by atoms with E-state index < -0.39 is 17.5 Å². The maximum Gasteiger partial charge on any atom is 0.262 e. The third-order valence-electron chi connectivity index (χ3n) is 2.77. The number of hydrogen-bond acceptors (Lipinski definition) is 3. The van der Waals surface area contributed by atoms with Gasteiger partial charge in [-0.05, 0) is 30.3 Å². The predicted octanol–water partition coefficient (Wildman–Crippen LogP) is 3.10. The summed E-state index contributed by atoms with van der Waals surface area (Å²) in [6, 6.07) is 9.14. The molecule has 2 aromatic rings. The first-order valence-electron chi connectivity index (χ1n) is 5.90. The van der Waals surface area contributed by atoms with Gasteiger partial charge in [-0.3, -0.25) is 4.79 Å². The summed E-state index contributed by atoms with van der Waals surface area (Å²) in [5.74, 6) is -2.11. The van der Waals surface area contributed by atoms with Crippen LogP contribution in [0.1, 0.15) is 15.9 Å². The summed E-state index contributed by atoms with van der Waals surface area (Å²) in [7, 11) is 1.32. The lowest BCUT2D eigenvalue weighted by Crippen LogP contribution is -2.15. The Morgan fingerprint density at radius 2 is 2.00 bits per heavy atom. The van der Waals surface area contributed by atoms with Crippen LogP contribution in [0.2, 0.25) is 0 Å². The SMILES string of the molecule is COc1cccc(F)c1C(=O)Nc1ccc(F)c(C#N)c1. The third kappa shape index (κ3) is 2.98. The third-order valence-corrected chi connectivity index (χ3v) is 2.77. The topological polar surface area (TPSA) is 62.1 Å². The fraction of sp³-hybridized carbons (Fsp3) is 0.0667. The molecule has 106 valence electrons. The molecular formula is C15H10F2N2O2. The number of ether oxygens (including phenoxy) is 1. The quantitative estimate of drug-likeness (QED) is 0.944. The Hall–Kier alpha value is -2.94. The van der Waals surface area contributed by atoms with Gasteiger partial charge in [0.1, 0.15) is 29.0 Å². The highest BCUT2D eigenvalue weighted by Gasteiger charge is 2.18. The number of nitriles is 1. The first-order chi connectivity index (χ1) is 10.1. The van der Waals surface area contributed by atoms with Gasteiger partial charge in [0.2, 0.25) is 0 Å². The molecule has 2 aromatic carbocycles. The summed E-state index contributed by atoms with van der Waals surface area (Å²) in [6.45, 7) is 0. The van der Waals surface area contributed by atoms with Gasteiger partial charge in [0.05, 0.1) is 12.7 Å². The van der Waals surface area contributed by atoms with Crippen molar-refractivity contribution in [3.63, 3.8) is 0 Å². The number of methoxy groups -OCH3 is 1. The lowest BCUT2D eigenvalue weighted by molar-refractivity contribution is 0.102. The van der Waals surface area contributed by atoms with Crippen molar-refractivity contribution in [2.75, 3.05) is 12.4 Å². The molecule has 0 aromatic heterocycles. The maximum absolute atomic E-state index is 13.7. The van der Waals surface area contributed by atoms with Gasteiger partial charge >= 0.3 is 0 Å². The number of rotatable bonds is 3. The van der Waals surface area contributed by atoms with Crippen molar-refractivity contribution < 1.29 is 18.3 Å². The molecular weight excluding hydrogens is 278 g/mol. The predicted molar refractivity (Wildman–Crippen MR) is 72.0 cm³/mol. The van der Waals surface area contributed by atoms with Crippen molar-refractivity contribution in [1.29, 1.82) is 5.26 Å². The van der Waals surface area contributed by atoms with Gasteiger partial charge in [0, 0.05) is 5.69 Å². The van der Waals surface area contributed by atoms with Gasteiger partial charge < -0.3 is 10.1 Å². The Labute approximate surface area is 119 Å². The highest BCUT2D eigenvalue weighted by Crippen LogP contribution is 2.23. The fourth-order valence-electron chi connectivity index (χ4n) is 1.78. The minimum atomic E-state index is -0.750. The van der Waals surface area contributed by atoms with Crippen LogP contribution in [0.5, 0.6) is 5.75 Å². The largest absolute Gasteiger partial charge is 0.496 e. The Morgan fingerprint density at radius 3 is 2.67 bits per heavy atom. The lowest BCUT2D eigenvalue weighted by atomic mass is 10.1. The molecule has 1 N–H and O–H groups in total. The van der Waals surface area contributed by atoms with E-state index >= 15 is 0 Å². The number of carbonyl (C=O) groups is 1. The number of carbonyl (C=O) groups excluding carboxylic acids is 1. The zero-order valence-corrected chi connectivity index (χ0v) is 11.0. The highest BCUT2D eigenvalue weighted by atomic mass is 19.1. The van der Waals surface area contributed by atoms with Crippen LogP contribution in [0, 0.1) is 23.0 Å². The molecule has 0 unspecified atom stereocenters. The molecule has 0 radical (unpaired) electrons. The zero-order chi connectivity index (χ0) is 15.4. The number of halogens is 2. The van der Waals surface area contributed by atoms with Crippen LogP contribution in [-0.2, 0) is 0 Å². The average Bonchev–Trinajstić information content (AvgIpc) is 2.48. The second-order valence-electron chi connectivity index (χ2n) is 4.08. The van der Waals surface area contributed by atoms with Crippen LogP contribution < -0.4 is 10.1 Å². The molecule has 0 atom stereocenters. The van der Waals surface area contributed by atoms with Gasteiger partial charge in [0.15, 0.2) is 0 Å². The molecule has 1 amide bonds. The molecule has 0 aliphatic rings. The van der Waals surface area contributed by atoms with Gasteiger partial charge in [-0.1, -0.05) is 6.07 Å². The second-order valence-corrected chi connectivity index (χ2v) is 4.08. The summed E-state index contributed by atoms with van der Waals surface area (Å²) in [4.78, 5) is 12.1. The summed E-state index contributed by atoms with van der Waals surface area (Å²) in [5.41, 5.74) is -0.292. The van der Waals surface area contributed by atoms with E-state index in [-0.39, 0.29) is 22.6 Å². The second kappa shape index (κ2) is 6.01. The number of anilines is 1. The standard InChI is InChI=1S/C15H10F2N2O2/c1-21-13-4-2-3-12(17)14(13)15(20)19-10-5-6-11(16)9(7-10)8-18/h2-7H,1H3,(H,19,20). The van der Waals surface area contributed by atoms with Crippen LogP contribution >= 0.6 is 0 Å². The van der Waals surface area contributed by atoms with E-state index in [4.69, 9.17) is 10.00 Å². The van der Waals surface area contributed by atoms with Gasteiger partial charge in [-0.25, -0.2) is 8.78 Å². The number of nitrogens with zero attached hydrogens (tertiary/aromatic N) is 1. The summed E-state index contributed by atoms with van der Waals surface area (Å²) >= 11 is 0. The van der Waals surface area contributed by atoms with Crippen LogP contribution in [-0.4, -0.2) is 13.0 Å². The number of benzene rings is 2. The van der Waals surface area contributed by atoms with Crippen LogP contribution in [0.4, 0.5) is 14.5 Å². The summed E-state index contributed by atoms with van der Waals surface area (Å²) in [6.07, 6.45) is 0. The molecule has 0 heterocycles. The fourth-order valence-corrected chi connectivity index (χ4v) is 1.78. The van der Waals surface area contributed by atoms with Crippen molar-refractivity contribution in [2.45, 2.75) is 0 Å². The average molecular weight is 288 g/mol. The van der Waals surface area contributed by atoms with E-state index in [0.29, 0.717) is 0 Å². The number of amides is 1. The molecule has 0 fully saturated rings. The molecule has 0 aliphatic heterocycles. The molecule has 6 heteroatoms. The molecule has 0 aliphatic carbocycles. The van der Waals surface area contributed by atoms with Crippen LogP contribution in [0.3, 0.4) is 0 Å². The molecule has 0 saturated heterocycles. The first kappa shape index (κ1) is 14.5. The number of nitrogens with one attached hydrogen (secondary N) is 1. The van der Waals surface area contributed by atoms with Crippen LogP contribution in [0.15, 0.2) is 36.4 Å². The molecule has 4 nitrogen and oxygen atoms in total. The Balaban J connectivity index is 2.33. The number of hydrogen-bond donors (Lipinski definition) is 1. The van der Waals surface area contributed by atoms with Crippen molar-refractivity contribution in [3.8, 4) is 11.8 Å². The molecule has 0 bridgehead atoms. The Morgan fingerprint density at radius 1 is 1.24 bits per heavy atom. The van der Waals surface area contributed by atoms with Gasteiger partial charge in [-0.15, -0.1) is 0 Å². The lowest BCUT2D eigenvalue weighted by Gasteiger charge is -2.10. The van der Waals surface area contributed by atoms with E-state index in [0.717, 1.165) is 12.1 Å². The Kier molecular flexibility index (Phi) is 4.14. The van der Waals surface area contributed by atoms with Gasteiger partial charge in [0.25, 0.3) is 5.91 Å². The zero-order valence-electron chi connectivity index (χ0n) is 11.0. The molecule has 21 heavy (non-hydrogen) atoms. The van der Waals surface area contributed by atoms with Crippen molar-refractivity contribution in [3.05, 3.63) is 59.2 Å². The normalized spacial score (nSPS) is 9.81. The van der Waals surface area contributed by atoms with E-state index in [1.54, 1.807) is 6.07 Å².